The number of hydrogen-bond donors (Lipinski definition) is 1. The van der Waals surface area contributed by atoms with Crippen LogP contribution in [0.3, 0.4) is 0 Å². The van der Waals surface area contributed by atoms with Crippen molar-refractivity contribution in [1.82, 2.24) is 0 Å². The second-order valence-electron chi connectivity index (χ2n) is 8.25. The van der Waals surface area contributed by atoms with E-state index in [9.17, 15) is 14.7 Å². The molecule has 1 atom stereocenters. The van der Waals surface area contributed by atoms with Crippen molar-refractivity contribution in [3.8, 4) is 0 Å². The molecule has 0 spiro atoms. The Bertz CT molecular complexity index is 1190. The van der Waals surface area contributed by atoms with E-state index < -0.39 is 11.5 Å². The van der Waals surface area contributed by atoms with Gasteiger partial charge in [-0.2, -0.15) is 0 Å². The standard InChI is InChI=1S/C26H24ClNO3/c1-16-11-18(3)21(12-17(16)2)24(29)14-26(31)22-13-20(27)9-10-23(22)28(25(26)30)15-19-7-5-4-6-8-19/h4-13,31H,14-15H2,1-3H3/t26-/m1/s1. The smallest absolute Gasteiger partial charge is 0.264 e. The van der Waals surface area contributed by atoms with Gasteiger partial charge in [0.05, 0.1) is 18.7 Å². The van der Waals surface area contributed by atoms with E-state index in [-0.39, 0.29) is 12.2 Å². The number of rotatable bonds is 5. The Hall–Kier alpha value is -2.95. The van der Waals surface area contributed by atoms with Crippen molar-refractivity contribution in [2.75, 3.05) is 4.90 Å². The molecule has 0 aliphatic carbocycles. The Kier molecular flexibility index (Phi) is 5.46. The normalized spacial score (nSPS) is 17.7. The molecule has 3 aromatic carbocycles. The summed E-state index contributed by atoms with van der Waals surface area (Å²) >= 11 is 6.20. The van der Waals surface area contributed by atoms with Gasteiger partial charge < -0.3 is 10.0 Å². The van der Waals surface area contributed by atoms with Gasteiger partial charge in [0.25, 0.3) is 5.91 Å². The second kappa shape index (κ2) is 7.95. The first-order chi connectivity index (χ1) is 14.7. The van der Waals surface area contributed by atoms with Crippen molar-refractivity contribution < 1.29 is 14.7 Å². The molecule has 31 heavy (non-hydrogen) atoms. The third-order valence-electron chi connectivity index (χ3n) is 6.03. The van der Waals surface area contributed by atoms with Crippen LogP contribution in [-0.4, -0.2) is 16.8 Å². The van der Waals surface area contributed by atoms with Crippen LogP contribution >= 0.6 is 11.6 Å². The van der Waals surface area contributed by atoms with E-state index in [1.807, 2.05) is 63.2 Å². The lowest BCUT2D eigenvalue weighted by Crippen LogP contribution is -2.41. The predicted molar refractivity (Wildman–Crippen MR) is 123 cm³/mol. The van der Waals surface area contributed by atoms with Crippen LogP contribution in [0.5, 0.6) is 0 Å². The number of benzene rings is 3. The molecule has 5 heteroatoms. The maximum Gasteiger partial charge on any atom is 0.264 e. The van der Waals surface area contributed by atoms with E-state index in [4.69, 9.17) is 11.6 Å². The summed E-state index contributed by atoms with van der Waals surface area (Å²) in [5.74, 6) is -0.785. The van der Waals surface area contributed by atoms with Crippen molar-refractivity contribution in [2.45, 2.75) is 39.3 Å². The van der Waals surface area contributed by atoms with E-state index in [1.54, 1.807) is 18.2 Å². The number of ketones is 1. The van der Waals surface area contributed by atoms with Crippen molar-refractivity contribution in [1.29, 1.82) is 0 Å². The van der Waals surface area contributed by atoms with E-state index in [0.717, 1.165) is 22.3 Å². The highest BCUT2D eigenvalue weighted by Crippen LogP contribution is 2.45. The molecule has 0 bridgehead atoms. The minimum Gasteiger partial charge on any atom is -0.375 e. The van der Waals surface area contributed by atoms with Gasteiger partial charge in [-0.15, -0.1) is 0 Å². The molecule has 1 N–H and O–H groups in total. The number of fused-ring (bicyclic) bond motifs is 1. The fraction of sp³-hybridized carbons (Fsp3) is 0.231. The summed E-state index contributed by atoms with van der Waals surface area (Å²) in [5, 5.41) is 12.0. The van der Waals surface area contributed by atoms with Gasteiger partial charge in [-0.3, -0.25) is 9.59 Å². The largest absolute Gasteiger partial charge is 0.375 e. The molecule has 3 aromatic rings. The molecule has 0 radical (unpaired) electrons. The van der Waals surface area contributed by atoms with E-state index in [2.05, 4.69) is 0 Å². The van der Waals surface area contributed by atoms with Crippen molar-refractivity contribution >= 4 is 29.0 Å². The highest BCUT2D eigenvalue weighted by molar-refractivity contribution is 6.31. The lowest BCUT2D eigenvalue weighted by Gasteiger charge is -2.23. The quantitative estimate of drug-likeness (QED) is 0.557. The molecule has 0 unspecified atom stereocenters. The molecule has 0 aromatic heterocycles. The van der Waals surface area contributed by atoms with Crippen molar-refractivity contribution in [2.24, 2.45) is 0 Å². The Morgan fingerprint density at radius 3 is 2.35 bits per heavy atom. The van der Waals surface area contributed by atoms with Crippen LogP contribution in [0.15, 0.2) is 60.7 Å². The van der Waals surface area contributed by atoms with Crippen LogP contribution in [0.2, 0.25) is 5.02 Å². The fourth-order valence-electron chi connectivity index (χ4n) is 4.21. The zero-order chi connectivity index (χ0) is 22.3. The van der Waals surface area contributed by atoms with Gasteiger partial charge in [0.15, 0.2) is 11.4 Å². The van der Waals surface area contributed by atoms with Gasteiger partial charge in [0, 0.05) is 16.1 Å². The summed E-state index contributed by atoms with van der Waals surface area (Å²) in [6, 6.07) is 18.3. The molecule has 0 fully saturated rings. The number of anilines is 1. The highest BCUT2D eigenvalue weighted by atomic mass is 35.5. The van der Waals surface area contributed by atoms with Crippen LogP contribution < -0.4 is 4.90 Å². The molecule has 1 aliphatic rings. The molecule has 0 saturated heterocycles. The Morgan fingerprint density at radius 1 is 0.968 bits per heavy atom. The number of halogens is 1. The topological polar surface area (TPSA) is 57.6 Å². The Labute approximate surface area is 187 Å². The van der Waals surface area contributed by atoms with Gasteiger partial charge in [-0.25, -0.2) is 0 Å². The number of Topliss-reactive ketones (excluding diaryl/α,β-unsaturated/α-hetero) is 1. The summed E-state index contributed by atoms with van der Waals surface area (Å²) in [4.78, 5) is 28.2. The number of amides is 1. The van der Waals surface area contributed by atoms with E-state index >= 15 is 0 Å². The van der Waals surface area contributed by atoms with Crippen LogP contribution in [0, 0.1) is 20.8 Å². The lowest BCUT2D eigenvalue weighted by molar-refractivity contribution is -0.136. The number of nitrogens with zero attached hydrogens (tertiary/aromatic N) is 1. The average molecular weight is 434 g/mol. The number of aryl methyl sites for hydroxylation is 3. The third kappa shape index (κ3) is 3.78. The summed E-state index contributed by atoms with van der Waals surface area (Å²) in [6.45, 7) is 6.10. The van der Waals surface area contributed by atoms with Gasteiger partial charge in [-0.1, -0.05) is 48.0 Å². The second-order valence-corrected chi connectivity index (χ2v) is 8.69. The Morgan fingerprint density at radius 2 is 1.65 bits per heavy atom. The molecule has 158 valence electrons. The van der Waals surface area contributed by atoms with Crippen molar-refractivity contribution in [3.05, 3.63) is 99.1 Å². The third-order valence-corrected chi connectivity index (χ3v) is 6.27. The zero-order valence-electron chi connectivity index (χ0n) is 17.8. The first kappa shape index (κ1) is 21.3. The van der Waals surface area contributed by atoms with Crippen molar-refractivity contribution in [3.63, 3.8) is 0 Å². The minimum atomic E-state index is -1.96. The average Bonchev–Trinajstić information content (AvgIpc) is 2.93. The molecular weight excluding hydrogens is 410 g/mol. The molecule has 1 aliphatic heterocycles. The summed E-state index contributed by atoms with van der Waals surface area (Å²) in [6.07, 6.45) is -0.339. The Balaban J connectivity index is 1.73. The zero-order valence-corrected chi connectivity index (χ0v) is 18.5. The number of carbonyl (C=O) groups excluding carboxylic acids is 2. The highest BCUT2D eigenvalue weighted by Gasteiger charge is 2.51. The first-order valence-electron chi connectivity index (χ1n) is 10.2. The molecule has 4 rings (SSSR count). The maximum absolute atomic E-state index is 13.5. The monoisotopic (exact) mass is 433 g/mol. The van der Waals surface area contributed by atoms with Gasteiger partial charge >= 0.3 is 0 Å². The predicted octanol–water partition coefficient (Wildman–Crippen LogP) is 5.27. The first-order valence-corrected chi connectivity index (χ1v) is 10.6. The summed E-state index contributed by atoms with van der Waals surface area (Å²) in [7, 11) is 0. The SMILES string of the molecule is Cc1cc(C)c(C(=O)C[C@]2(O)C(=O)N(Cc3ccccc3)c3ccc(Cl)cc32)cc1C. The molecule has 1 heterocycles. The lowest BCUT2D eigenvalue weighted by atomic mass is 9.86. The van der Waals surface area contributed by atoms with Gasteiger partial charge in [-0.05, 0) is 67.3 Å². The van der Waals surface area contributed by atoms with Crippen LogP contribution in [0.1, 0.15) is 44.6 Å². The maximum atomic E-state index is 13.5. The minimum absolute atomic E-state index is 0.274. The van der Waals surface area contributed by atoms with E-state index in [1.165, 1.54) is 4.90 Å². The fourth-order valence-corrected chi connectivity index (χ4v) is 4.38. The number of carbonyl (C=O) groups is 2. The van der Waals surface area contributed by atoms with E-state index in [0.29, 0.717) is 28.4 Å². The van der Waals surface area contributed by atoms with Crippen LogP contribution in [0.25, 0.3) is 0 Å². The molecule has 0 saturated carbocycles. The van der Waals surface area contributed by atoms with Gasteiger partial charge in [0.2, 0.25) is 0 Å². The number of hydrogen-bond acceptors (Lipinski definition) is 3. The summed E-state index contributed by atoms with van der Waals surface area (Å²) < 4.78 is 0. The van der Waals surface area contributed by atoms with Crippen LogP contribution in [-0.2, 0) is 16.9 Å². The number of aliphatic hydroxyl groups is 1. The molecule has 1 amide bonds. The molecule has 4 nitrogen and oxygen atoms in total. The van der Waals surface area contributed by atoms with Crippen LogP contribution in [0.4, 0.5) is 5.69 Å². The summed E-state index contributed by atoms with van der Waals surface area (Å²) in [5.41, 5.74) is 3.35. The molecular formula is C26H24ClNO3. The van der Waals surface area contributed by atoms with Gasteiger partial charge in [0.1, 0.15) is 0 Å².